The van der Waals surface area contributed by atoms with Crippen LogP contribution >= 0.6 is 0 Å². The Balaban J connectivity index is 1.28. The van der Waals surface area contributed by atoms with Crippen molar-refractivity contribution >= 4 is 29.0 Å². The van der Waals surface area contributed by atoms with Crippen molar-refractivity contribution in [2.75, 3.05) is 40.7 Å². The largest absolute Gasteiger partial charge is 0.416 e. The zero-order chi connectivity index (χ0) is 27.6. The molecular weight excluding hydrogens is 509 g/mol. The van der Waals surface area contributed by atoms with E-state index >= 15 is 0 Å². The number of aromatic nitrogens is 4. The van der Waals surface area contributed by atoms with Crippen LogP contribution in [0.15, 0.2) is 61.2 Å². The summed E-state index contributed by atoms with van der Waals surface area (Å²) in [6, 6.07) is 9.80. The maximum atomic E-state index is 13.1. The Morgan fingerprint density at radius 3 is 2.77 bits per heavy atom. The van der Waals surface area contributed by atoms with Crippen molar-refractivity contribution < 1.29 is 18.0 Å². The zero-order valence-corrected chi connectivity index (χ0v) is 21.4. The molecule has 0 fully saturated rings. The standard InChI is InChI=1S/C27H27F3N8O/c1-17-6-7-21(35-25(39)18-4-3-5-20(10-18)27(28,29)30)11-23(17)38-14-19-12-33-26(36-24(19)37(2)16-38)32-9-8-22-13-31-15-34-22/h3-7,10-13,15H,8-9,14,16H2,1-2H3,(H,31,34)(H,35,39)(H,32,33,36). The number of aromatic amines is 1. The van der Waals surface area contributed by atoms with E-state index in [1.807, 2.05) is 37.2 Å². The van der Waals surface area contributed by atoms with Crippen LogP contribution in [-0.4, -0.2) is 46.1 Å². The fourth-order valence-corrected chi connectivity index (χ4v) is 4.46. The average molecular weight is 537 g/mol. The van der Waals surface area contributed by atoms with Crippen LogP contribution in [0, 0.1) is 6.92 Å². The number of carbonyl (C=O) groups is 1. The number of H-pyrrole nitrogens is 1. The highest BCUT2D eigenvalue weighted by molar-refractivity contribution is 6.04. The van der Waals surface area contributed by atoms with Gasteiger partial charge in [0.25, 0.3) is 5.91 Å². The van der Waals surface area contributed by atoms with Gasteiger partial charge in [0.2, 0.25) is 5.95 Å². The maximum absolute atomic E-state index is 13.1. The van der Waals surface area contributed by atoms with Gasteiger partial charge < -0.3 is 25.4 Å². The summed E-state index contributed by atoms with van der Waals surface area (Å²) in [4.78, 5) is 33.2. The Kier molecular flexibility index (Phi) is 7.09. The maximum Gasteiger partial charge on any atom is 0.416 e. The second-order valence-electron chi connectivity index (χ2n) is 9.35. The van der Waals surface area contributed by atoms with E-state index in [0.29, 0.717) is 31.4 Å². The van der Waals surface area contributed by atoms with Crippen LogP contribution in [0.2, 0.25) is 0 Å². The van der Waals surface area contributed by atoms with E-state index in [4.69, 9.17) is 4.98 Å². The number of carbonyl (C=O) groups excluding carboxylic acids is 1. The number of imidazole rings is 1. The first-order valence-electron chi connectivity index (χ1n) is 12.3. The van der Waals surface area contributed by atoms with Gasteiger partial charge in [-0.2, -0.15) is 18.2 Å². The van der Waals surface area contributed by atoms with E-state index in [-0.39, 0.29) is 5.56 Å². The number of halogens is 3. The van der Waals surface area contributed by atoms with Crippen LogP contribution in [0.4, 0.5) is 36.3 Å². The first-order valence-corrected chi connectivity index (χ1v) is 12.3. The van der Waals surface area contributed by atoms with Gasteiger partial charge in [0.15, 0.2) is 0 Å². The third-order valence-corrected chi connectivity index (χ3v) is 6.43. The van der Waals surface area contributed by atoms with Crippen LogP contribution in [0.25, 0.3) is 0 Å². The molecule has 2 aromatic carbocycles. The molecule has 202 valence electrons. The highest BCUT2D eigenvalue weighted by atomic mass is 19.4. The van der Waals surface area contributed by atoms with Gasteiger partial charge in [-0.1, -0.05) is 12.1 Å². The Hall–Kier alpha value is -4.61. The van der Waals surface area contributed by atoms with E-state index in [2.05, 4.69) is 30.5 Å². The molecule has 1 aliphatic heterocycles. The van der Waals surface area contributed by atoms with E-state index in [1.165, 1.54) is 12.1 Å². The quantitative estimate of drug-likeness (QED) is 0.310. The number of fused-ring (bicyclic) bond motifs is 1. The van der Waals surface area contributed by atoms with Crippen molar-refractivity contribution in [1.82, 2.24) is 19.9 Å². The van der Waals surface area contributed by atoms with Crippen molar-refractivity contribution in [1.29, 1.82) is 0 Å². The summed E-state index contributed by atoms with van der Waals surface area (Å²) in [6.07, 6.45) is 1.52. The highest BCUT2D eigenvalue weighted by Gasteiger charge is 2.31. The van der Waals surface area contributed by atoms with Gasteiger partial charge in [-0.3, -0.25) is 4.79 Å². The van der Waals surface area contributed by atoms with Crippen molar-refractivity contribution in [3.05, 3.63) is 89.1 Å². The first kappa shape index (κ1) is 26.0. The summed E-state index contributed by atoms with van der Waals surface area (Å²) in [7, 11) is 1.94. The molecule has 2 aromatic heterocycles. The monoisotopic (exact) mass is 536 g/mol. The molecule has 1 amide bonds. The minimum atomic E-state index is -4.52. The fourth-order valence-electron chi connectivity index (χ4n) is 4.46. The second kappa shape index (κ2) is 10.6. The molecule has 12 heteroatoms. The van der Waals surface area contributed by atoms with E-state index in [9.17, 15) is 18.0 Å². The van der Waals surface area contributed by atoms with Crippen LogP contribution in [-0.2, 0) is 19.1 Å². The smallest absolute Gasteiger partial charge is 0.354 e. The molecule has 0 unspecified atom stereocenters. The number of hydrogen-bond donors (Lipinski definition) is 3. The molecule has 0 saturated heterocycles. The lowest BCUT2D eigenvalue weighted by atomic mass is 10.1. The zero-order valence-electron chi connectivity index (χ0n) is 21.4. The Morgan fingerprint density at radius 2 is 2.00 bits per heavy atom. The molecule has 3 N–H and O–H groups in total. The predicted octanol–water partition coefficient (Wildman–Crippen LogP) is 4.85. The number of benzene rings is 2. The fraction of sp³-hybridized carbons (Fsp3) is 0.259. The van der Waals surface area contributed by atoms with Crippen molar-refractivity contribution in [2.24, 2.45) is 0 Å². The molecule has 0 bridgehead atoms. The number of anilines is 4. The number of hydrogen-bond acceptors (Lipinski definition) is 7. The summed E-state index contributed by atoms with van der Waals surface area (Å²) in [5.41, 5.74) is 3.32. The third-order valence-electron chi connectivity index (χ3n) is 6.43. The second-order valence-corrected chi connectivity index (χ2v) is 9.35. The number of nitrogens with zero attached hydrogens (tertiary/aromatic N) is 5. The predicted molar refractivity (Wildman–Crippen MR) is 143 cm³/mol. The molecule has 1 aliphatic rings. The van der Waals surface area contributed by atoms with Gasteiger partial charge in [0.1, 0.15) is 5.82 Å². The van der Waals surface area contributed by atoms with Gasteiger partial charge in [0, 0.05) is 61.5 Å². The normalized spacial score (nSPS) is 13.3. The highest BCUT2D eigenvalue weighted by Crippen LogP contribution is 2.33. The third kappa shape index (κ3) is 5.95. The number of nitrogens with one attached hydrogen (secondary N) is 3. The summed E-state index contributed by atoms with van der Waals surface area (Å²) in [6.45, 7) is 3.71. The van der Waals surface area contributed by atoms with Crippen molar-refractivity contribution in [3.63, 3.8) is 0 Å². The van der Waals surface area contributed by atoms with Gasteiger partial charge in [-0.25, -0.2) is 9.97 Å². The number of alkyl halides is 3. The Labute approximate surface area is 223 Å². The number of amides is 1. The topological polar surface area (TPSA) is 102 Å². The lowest BCUT2D eigenvalue weighted by Gasteiger charge is -2.37. The summed E-state index contributed by atoms with van der Waals surface area (Å²) >= 11 is 0. The number of aryl methyl sites for hydroxylation is 1. The first-order chi connectivity index (χ1) is 18.7. The lowest BCUT2D eigenvalue weighted by Crippen LogP contribution is -2.41. The van der Waals surface area contributed by atoms with Gasteiger partial charge in [-0.15, -0.1) is 0 Å². The van der Waals surface area contributed by atoms with Gasteiger partial charge in [-0.05, 0) is 42.8 Å². The molecule has 4 aromatic rings. The molecule has 3 heterocycles. The Bertz CT molecular complexity index is 1470. The van der Waals surface area contributed by atoms with E-state index in [0.717, 1.165) is 46.9 Å². The van der Waals surface area contributed by atoms with Gasteiger partial charge in [0.05, 0.1) is 24.3 Å². The molecular formula is C27H27F3N8O. The van der Waals surface area contributed by atoms with E-state index < -0.39 is 17.6 Å². The molecule has 9 nitrogen and oxygen atoms in total. The van der Waals surface area contributed by atoms with Gasteiger partial charge >= 0.3 is 6.18 Å². The molecule has 0 atom stereocenters. The van der Waals surface area contributed by atoms with Crippen LogP contribution in [0.1, 0.15) is 32.7 Å². The lowest BCUT2D eigenvalue weighted by molar-refractivity contribution is -0.137. The molecule has 0 spiro atoms. The van der Waals surface area contributed by atoms with Crippen molar-refractivity contribution in [2.45, 2.75) is 26.1 Å². The van der Waals surface area contributed by atoms with Crippen LogP contribution in [0.3, 0.4) is 0 Å². The van der Waals surface area contributed by atoms with E-state index in [1.54, 1.807) is 18.6 Å². The minimum absolute atomic E-state index is 0.0653. The minimum Gasteiger partial charge on any atom is -0.354 e. The molecule has 5 rings (SSSR count). The summed E-state index contributed by atoms with van der Waals surface area (Å²) in [5, 5.41) is 5.96. The SMILES string of the molecule is Cc1ccc(NC(=O)c2cccc(C(F)(F)F)c2)cc1N1Cc2cnc(NCCc3c[nH]cn3)nc2N(C)C1. The van der Waals surface area contributed by atoms with Crippen LogP contribution in [0.5, 0.6) is 0 Å². The molecule has 0 saturated carbocycles. The van der Waals surface area contributed by atoms with Crippen molar-refractivity contribution in [3.8, 4) is 0 Å². The molecule has 0 radical (unpaired) electrons. The van der Waals surface area contributed by atoms with Crippen LogP contribution < -0.4 is 20.4 Å². The summed E-state index contributed by atoms with van der Waals surface area (Å²) < 4.78 is 39.2. The molecule has 0 aliphatic carbocycles. The Morgan fingerprint density at radius 1 is 1.15 bits per heavy atom. The molecule has 39 heavy (non-hydrogen) atoms. The summed E-state index contributed by atoms with van der Waals surface area (Å²) in [5.74, 6) is 0.757. The number of rotatable bonds is 7. The average Bonchev–Trinajstić information content (AvgIpc) is 3.43.